The van der Waals surface area contributed by atoms with Gasteiger partial charge >= 0.3 is 0 Å². The summed E-state index contributed by atoms with van der Waals surface area (Å²) in [6.07, 6.45) is 3.40. The Bertz CT molecular complexity index is 708. The third-order valence-electron chi connectivity index (χ3n) is 3.45. The maximum atomic E-state index is 12.7. The molecule has 6 nitrogen and oxygen atoms in total. The second-order valence-electron chi connectivity index (χ2n) is 4.81. The van der Waals surface area contributed by atoms with Crippen LogP contribution in [0.4, 0.5) is 5.69 Å². The van der Waals surface area contributed by atoms with Crippen LogP contribution in [0.3, 0.4) is 0 Å². The summed E-state index contributed by atoms with van der Waals surface area (Å²) in [4.78, 5) is 28.8. The highest BCUT2D eigenvalue weighted by Crippen LogP contribution is 2.38. The molecule has 1 aromatic carbocycles. The van der Waals surface area contributed by atoms with Gasteiger partial charge in [-0.05, 0) is 23.8 Å². The van der Waals surface area contributed by atoms with Gasteiger partial charge in [-0.15, -0.1) is 11.8 Å². The van der Waals surface area contributed by atoms with Crippen molar-refractivity contribution < 1.29 is 9.72 Å². The van der Waals surface area contributed by atoms with E-state index in [9.17, 15) is 14.9 Å². The van der Waals surface area contributed by atoms with Crippen LogP contribution in [0.1, 0.15) is 21.3 Å². The molecule has 1 aliphatic rings. The topological polar surface area (TPSA) is 76.3 Å². The lowest BCUT2D eigenvalue weighted by molar-refractivity contribution is -0.384. The van der Waals surface area contributed by atoms with Crippen molar-refractivity contribution in [1.82, 2.24) is 9.88 Å². The second-order valence-corrected chi connectivity index (χ2v) is 6.00. The van der Waals surface area contributed by atoms with Crippen LogP contribution in [0, 0.1) is 10.1 Å². The molecule has 22 heavy (non-hydrogen) atoms. The third-order valence-corrected chi connectivity index (χ3v) is 4.71. The first-order valence-electron chi connectivity index (χ1n) is 6.74. The summed E-state index contributed by atoms with van der Waals surface area (Å²) in [7, 11) is 0. The number of amides is 1. The first kappa shape index (κ1) is 14.5. The predicted octanol–water partition coefficient (Wildman–Crippen LogP) is 2.88. The quantitative estimate of drug-likeness (QED) is 0.643. The summed E-state index contributed by atoms with van der Waals surface area (Å²) in [6, 6.07) is 9.64. The summed E-state index contributed by atoms with van der Waals surface area (Å²) in [5.74, 6) is 0.656. The lowest BCUT2D eigenvalue weighted by Gasteiger charge is -2.24. The highest BCUT2D eigenvalue weighted by molar-refractivity contribution is 7.99. The fourth-order valence-electron chi connectivity index (χ4n) is 2.40. The van der Waals surface area contributed by atoms with Crippen LogP contribution < -0.4 is 0 Å². The number of carbonyl (C=O) groups is 1. The molecule has 1 saturated heterocycles. The zero-order valence-corrected chi connectivity index (χ0v) is 12.4. The maximum absolute atomic E-state index is 12.7. The first-order valence-corrected chi connectivity index (χ1v) is 7.78. The van der Waals surface area contributed by atoms with Crippen molar-refractivity contribution in [3.8, 4) is 0 Å². The first-order chi connectivity index (χ1) is 10.7. The molecule has 0 bridgehead atoms. The minimum atomic E-state index is -0.490. The van der Waals surface area contributed by atoms with E-state index in [-0.39, 0.29) is 17.0 Å². The monoisotopic (exact) mass is 315 g/mol. The molecule has 0 aliphatic carbocycles. The van der Waals surface area contributed by atoms with E-state index in [1.54, 1.807) is 35.1 Å². The fourth-order valence-corrected chi connectivity index (χ4v) is 3.66. The van der Waals surface area contributed by atoms with Gasteiger partial charge in [0.2, 0.25) is 0 Å². The van der Waals surface area contributed by atoms with Crippen molar-refractivity contribution in [1.29, 1.82) is 0 Å². The number of rotatable bonds is 3. The van der Waals surface area contributed by atoms with Crippen LogP contribution in [0.2, 0.25) is 0 Å². The van der Waals surface area contributed by atoms with Crippen LogP contribution >= 0.6 is 11.8 Å². The fraction of sp³-hybridized carbons (Fsp3) is 0.200. The lowest BCUT2D eigenvalue weighted by Crippen LogP contribution is -2.30. The minimum absolute atomic E-state index is 0.0711. The van der Waals surface area contributed by atoms with Gasteiger partial charge in [-0.2, -0.15) is 0 Å². The molecule has 0 spiro atoms. The van der Waals surface area contributed by atoms with E-state index in [1.165, 1.54) is 18.2 Å². The molecule has 1 aromatic heterocycles. The molecule has 112 valence electrons. The Hall–Kier alpha value is -2.41. The normalized spacial score (nSPS) is 17.5. The number of nitro benzene ring substituents is 1. The molecule has 2 heterocycles. The number of benzene rings is 1. The van der Waals surface area contributed by atoms with E-state index in [0.717, 1.165) is 11.3 Å². The molecule has 1 amide bonds. The molecule has 1 fully saturated rings. The molecule has 0 radical (unpaired) electrons. The number of nitro groups is 1. The van der Waals surface area contributed by atoms with E-state index in [1.807, 2.05) is 12.1 Å². The van der Waals surface area contributed by atoms with Gasteiger partial charge in [0, 0.05) is 42.4 Å². The van der Waals surface area contributed by atoms with Gasteiger partial charge in [-0.3, -0.25) is 19.9 Å². The zero-order chi connectivity index (χ0) is 15.5. The lowest BCUT2D eigenvalue weighted by atomic mass is 10.1. The summed E-state index contributed by atoms with van der Waals surface area (Å²) < 4.78 is 0. The Balaban J connectivity index is 1.88. The maximum Gasteiger partial charge on any atom is 0.270 e. The highest BCUT2D eigenvalue weighted by Gasteiger charge is 2.31. The Labute approximate surface area is 131 Å². The largest absolute Gasteiger partial charge is 0.322 e. The van der Waals surface area contributed by atoms with Gasteiger partial charge in [0.25, 0.3) is 11.6 Å². The molecule has 1 atom stereocenters. The van der Waals surface area contributed by atoms with Gasteiger partial charge in [0.1, 0.15) is 5.37 Å². The number of thioether (sulfide) groups is 1. The molecule has 0 N–H and O–H groups in total. The third kappa shape index (κ3) is 2.80. The Morgan fingerprint density at radius 3 is 2.82 bits per heavy atom. The number of non-ortho nitro benzene ring substituents is 1. The van der Waals surface area contributed by atoms with Crippen molar-refractivity contribution in [2.45, 2.75) is 5.37 Å². The van der Waals surface area contributed by atoms with Crippen molar-refractivity contribution in [3.63, 3.8) is 0 Å². The van der Waals surface area contributed by atoms with E-state index in [0.29, 0.717) is 12.1 Å². The molecule has 1 unspecified atom stereocenters. The number of aromatic nitrogens is 1. The van der Waals surface area contributed by atoms with Crippen LogP contribution in [0.15, 0.2) is 48.8 Å². The number of carbonyl (C=O) groups excluding carboxylic acids is 1. The highest BCUT2D eigenvalue weighted by atomic mass is 32.2. The van der Waals surface area contributed by atoms with Crippen LogP contribution in [0.25, 0.3) is 0 Å². The summed E-state index contributed by atoms with van der Waals surface area (Å²) in [5.41, 5.74) is 1.28. The summed E-state index contributed by atoms with van der Waals surface area (Å²) >= 11 is 1.68. The minimum Gasteiger partial charge on any atom is -0.322 e. The van der Waals surface area contributed by atoms with E-state index in [4.69, 9.17) is 0 Å². The second kappa shape index (κ2) is 6.15. The average Bonchev–Trinajstić information content (AvgIpc) is 3.04. The number of hydrogen-bond acceptors (Lipinski definition) is 5. The Morgan fingerprint density at radius 1 is 1.32 bits per heavy atom. The molecular weight excluding hydrogens is 302 g/mol. The molecule has 3 rings (SSSR count). The smallest absolute Gasteiger partial charge is 0.270 e. The average molecular weight is 315 g/mol. The molecular formula is C15H13N3O3S. The van der Waals surface area contributed by atoms with Crippen molar-refractivity contribution in [2.24, 2.45) is 0 Å². The Kier molecular flexibility index (Phi) is 4.06. The number of pyridine rings is 1. The van der Waals surface area contributed by atoms with E-state index >= 15 is 0 Å². The van der Waals surface area contributed by atoms with Gasteiger partial charge in [-0.1, -0.05) is 6.07 Å². The van der Waals surface area contributed by atoms with Crippen LogP contribution in [0.5, 0.6) is 0 Å². The van der Waals surface area contributed by atoms with E-state index in [2.05, 4.69) is 4.98 Å². The number of hydrogen-bond donors (Lipinski definition) is 0. The molecule has 7 heteroatoms. The Morgan fingerprint density at radius 2 is 2.09 bits per heavy atom. The van der Waals surface area contributed by atoms with Crippen molar-refractivity contribution >= 4 is 23.4 Å². The molecule has 2 aromatic rings. The number of nitrogens with zero attached hydrogens (tertiary/aromatic N) is 3. The molecule has 0 saturated carbocycles. The van der Waals surface area contributed by atoms with Crippen molar-refractivity contribution in [2.75, 3.05) is 12.3 Å². The van der Waals surface area contributed by atoms with Crippen LogP contribution in [-0.4, -0.2) is 33.0 Å². The van der Waals surface area contributed by atoms with Gasteiger partial charge in [0.15, 0.2) is 0 Å². The van der Waals surface area contributed by atoms with Crippen LogP contribution in [-0.2, 0) is 0 Å². The summed E-state index contributed by atoms with van der Waals surface area (Å²) in [5, 5.41) is 10.8. The van der Waals surface area contributed by atoms with E-state index < -0.39 is 4.92 Å². The standard InChI is InChI=1S/C15H13N3O3S/c19-14(12-2-1-3-13(10-12)18(20)21)17-8-9-22-15(17)11-4-6-16-7-5-11/h1-7,10,15H,8-9H2. The predicted molar refractivity (Wildman–Crippen MR) is 83.6 cm³/mol. The molecule has 1 aliphatic heterocycles. The SMILES string of the molecule is O=C(c1cccc([N+](=O)[O-])c1)N1CCSC1c1ccncc1. The van der Waals surface area contributed by atoms with Gasteiger partial charge < -0.3 is 4.90 Å². The van der Waals surface area contributed by atoms with Gasteiger partial charge in [0.05, 0.1) is 4.92 Å². The van der Waals surface area contributed by atoms with Crippen molar-refractivity contribution in [3.05, 3.63) is 70.0 Å². The summed E-state index contributed by atoms with van der Waals surface area (Å²) in [6.45, 7) is 0.624. The zero-order valence-electron chi connectivity index (χ0n) is 11.6. The van der Waals surface area contributed by atoms with Gasteiger partial charge in [-0.25, -0.2) is 0 Å².